The van der Waals surface area contributed by atoms with Gasteiger partial charge in [0.1, 0.15) is 6.04 Å². The van der Waals surface area contributed by atoms with E-state index in [0.29, 0.717) is 5.75 Å². The minimum atomic E-state index is -0.771. The second-order valence-corrected chi connectivity index (χ2v) is 5.68. The first-order chi connectivity index (χ1) is 7.18. The molecule has 6 heteroatoms. The molecule has 4 atom stereocenters. The molecule has 2 fully saturated rings. The number of halogens is 1. The van der Waals surface area contributed by atoms with Crippen molar-refractivity contribution in [2.75, 3.05) is 12.3 Å². The lowest BCUT2D eigenvalue weighted by Crippen LogP contribution is -2.54. The molecular weight excluding hydrogens is 236 g/mol. The Hall–Kier alpha value is 0.0300. The number of piperidine rings is 1. The number of carbonyl (C=O) groups is 1. The summed E-state index contributed by atoms with van der Waals surface area (Å²) in [6.45, 7) is 0.977. The zero-order valence-corrected chi connectivity index (χ0v) is 9.85. The van der Waals surface area contributed by atoms with Gasteiger partial charge in [-0.15, -0.1) is 23.4 Å². The van der Waals surface area contributed by atoms with Gasteiger partial charge in [0.2, 0.25) is 0 Å². The Morgan fingerprint density at radius 2 is 2.33 bits per heavy atom. The van der Waals surface area contributed by atoms with Crippen molar-refractivity contribution >= 4 is 29.3 Å². The Morgan fingerprint density at radius 3 is 2.93 bits per heavy atom. The van der Waals surface area contributed by atoms with Crippen molar-refractivity contribution in [2.24, 2.45) is 0 Å². The normalized spacial score (nSPS) is 41.7. The van der Waals surface area contributed by atoms with E-state index >= 15 is 0 Å². The van der Waals surface area contributed by atoms with Crippen molar-refractivity contribution in [1.29, 1.82) is 0 Å². The van der Waals surface area contributed by atoms with E-state index in [-0.39, 0.29) is 16.8 Å². The van der Waals surface area contributed by atoms with Crippen LogP contribution in [-0.4, -0.2) is 46.2 Å². The molecule has 2 aliphatic heterocycles. The fourth-order valence-corrected chi connectivity index (χ4v) is 3.88. The largest absolute Gasteiger partial charge is 0.480 e. The third-order valence-corrected chi connectivity index (χ3v) is 4.66. The highest BCUT2D eigenvalue weighted by molar-refractivity contribution is 8.00. The SMILES string of the molecule is O=C(O)C1CSC(C2NCCCC2Cl)N1. The quantitative estimate of drug-likeness (QED) is 0.622. The second kappa shape index (κ2) is 4.91. The molecule has 0 aromatic heterocycles. The molecule has 0 spiro atoms. The minimum Gasteiger partial charge on any atom is -0.480 e. The van der Waals surface area contributed by atoms with E-state index < -0.39 is 12.0 Å². The van der Waals surface area contributed by atoms with Crippen molar-refractivity contribution in [2.45, 2.75) is 35.7 Å². The lowest BCUT2D eigenvalue weighted by atomic mass is 10.0. The number of carboxylic acid groups (broad SMARTS) is 1. The molecule has 2 rings (SSSR count). The lowest BCUT2D eigenvalue weighted by molar-refractivity contribution is -0.138. The Kier molecular flexibility index (Phi) is 3.77. The van der Waals surface area contributed by atoms with E-state index in [1.165, 1.54) is 0 Å². The molecule has 2 saturated heterocycles. The average Bonchev–Trinajstić information content (AvgIpc) is 2.67. The topological polar surface area (TPSA) is 61.4 Å². The van der Waals surface area contributed by atoms with Crippen LogP contribution in [0.4, 0.5) is 0 Å². The number of thioether (sulfide) groups is 1. The fourth-order valence-electron chi connectivity index (χ4n) is 2.01. The van der Waals surface area contributed by atoms with Crippen LogP contribution in [-0.2, 0) is 4.79 Å². The van der Waals surface area contributed by atoms with E-state index in [1.807, 2.05) is 0 Å². The van der Waals surface area contributed by atoms with Gasteiger partial charge in [0.15, 0.2) is 0 Å². The molecule has 4 nitrogen and oxygen atoms in total. The van der Waals surface area contributed by atoms with E-state index in [2.05, 4.69) is 10.6 Å². The molecule has 15 heavy (non-hydrogen) atoms. The molecule has 0 radical (unpaired) electrons. The second-order valence-electron chi connectivity index (χ2n) is 3.95. The fraction of sp³-hybridized carbons (Fsp3) is 0.889. The summed E-state index contributed by atoms with van der Waals surface area (Å²) in [6.07, 6.45) is 2.11. The van der Waals surface area contributed by atoms with Gasteiger partial charge in [-0.1, -0.05) is 0 Å². The summed E-state index contributed by atoms with van der Waals surface area (Å²) in [6, 6.07) is -0.234. The van der Waals surface area contributed by atoms with Crippen LogP contribution < -0.4 is 10.6 Å². The highest BCUT2D eigenvalue weighted by Crippen LogP contribution is 2.28. The van der Waals surface area contributed by atoms with Gasteiger partial charge in [-0.2, -0.15) is 0 Å². The van der Waals surface area contributed by atoms with Gasteiger partial charge >= 0.3 is 5.97 Å². The first-order valence-corrected chi connectivity index (χ1v) is 6.65. The predicted molar refractivity (Wildman–Crippen MR) is 61.5 cm³/mol. The Morgan fingerprint density at radius 1 is 1.53 bits per heavy atom. The zero-order valence-electron chi connectivity index (χ0n) is 8.28. The van der Waals surface area contributed by atoms with Crippen LogP contribution in [0.25, 0.3) is 0 Å². The maximum Gasteiger partial charge on any atom is 0.321 e. The molecular formula is C9H15ClN2O2S. The molecule has 0 aromatic rings. The van der Waals surface area contributed by atoms with Crippen LogP contribution in [0, 0.1) is 0 Å². The standard InChI is InChI=1S/C9H15ClN2O2S/c10-5-2-1-3-11-7(5)8-12-6(4-15-8)9(13)14/h5-8,11-12H,1-4H2,(H,13,14). The molecule has 2 aliphatic rings. The van der Waals surface area contributed by atoms with Gasteiger partial charge in [0, 0.05) is 11.8 Å². The molecule has 0 saturated carbocycles. The van der Waals surface area contributed by atoms with Gasteiger partial charge in [-0.05, 0) is 19.4 Å². The van der Waals surface area contributed by atoms with E-state index in [1.54, 1.807) is 11.8 Å². The molecule has 4 unspecified atom stereocenters. The molecule has 86 valence electrons. The third-order valence-electron chi connectivity index (χ3n) is 2.86. The highest BCUT2D eigenvalue weighted by atomic mass is 35.5. The summed E-state index contributed by atoms with van der Waals surface area (Å²) in [5.74, 6) is -0.145. The van der Waals surface area contributed by atoms with Gasteiger partial charge < -0.3 is 10.4 Å². The molecule has 2 heterocycles. The van der Waals surface area contributed by atoms with Gasteiger partial charge in [-0.25, -0.2) is 0 Å². The van der Waals surface area contributed by atoms with Crippen LogP contribution in [0.3, 0.4) is 0 Å². The average molecular weight is 251 g/mol. The van der Waals surface area contributed by atoms with E-state index in [4.69, 9.17) is 16.7 Å². The van der Waals surface area contributed by atoms with Crippen molar-refractivity contribution in [3.8, 4) is 0 Å². The van der Waals surface area contributed by atoms with Crippen molar-refractivity contribution < 1.29 is 9.90 Å². The molecule has 0 aliphatic carbocycles. The first kappa shape index (κ1) is 11.5. The number of hydrogen-bond donors (Lipinski definition) is 3. The Labute approximate surface area is 98.1 Å². The van der Waals surface area contributed by atoms with Gasteiger partial charge in [-0.3, -0.25) is 10.1 Å². The summed E-state index contributed by atoms with van der Waals surface area (Å²) in [5, 5.41) is 15.6. The van der Waals surface area contributed by atoms with Crippen LogP contribution in [0.2, 0.25) is 0 Å². The van der Waals surface area contributed by atoms with Gasteiger partial charge in [0.25, 0.3) is 0 Å². The number of alkyl halides is 1. The lowest BCUT2D eigenvalue weighted by Gasteiger charge is -2.32. The van der Waals surface area contributed by atoms with Crippen LogP contribution >= 0.6 is 23.4 Å². The minimum absolute atomic E-state index is 0.108. The van der Waals surface area contributed by atoms with Crippen LogP contribution in [0.15, 0.2) is 0 Å². The van der Waals surface area contributed by atoms with Crippen molar-refractivity contribution in [3.63, 3.8) is 0 Å². The predicted octanol–water partition coefficient (Wildman–Crippen LogP) is 0.461. The Balaban J connectivity index is 1.91. The number of rotatable bonds is 2. The maximum absolute atomic E-state index is 10.8. The maximum atomic E-state index is 10.8. The van der Waals surface area contributed by atoms with Crippen molar-refractivity contribution in [1.82, 2.24) is 10.6 Å². The highest BCUT2D eigenvalue weighted by Gasteiger charge is 2.38. The summed E-state index contributed by atoms with van der Waals surface area (Å²) in [5.41, 5.74) is 0. The summed E-state index contributed by atoms with van der Waals surface area (Å²) in [4.78, 5) is 10.8. The molecule has 0 aromatic carbocycles. The summed E-state index contributed by atoms with van der Waals surface area (Å²) in [7, 11) is 0. The molecule has 3 N–H and O–H groups in total. The van der Waals surface area contributed by atoms with E-state index in [0.717, 1.165) is 19.4 Å². The molecule has 0 amide bonds. The van der Waals surface area contributed by atoms with Crippen LogP contribution in [0.5, 0.6) is 0 Å². The Bertz CT molecular complexity index is 254. The number of carboxylic acids is 1. The smallest absolute Gasteiger partial charge is 0.321 e. The number of hydrogen-bond acceptors (Lipinski definition) is 4. The monoisotopic (exact) mass is 250 g/mol. The number of nitrogens with one attached hydrogen (secondary N) is 2. The van der Waals surface area contributed by atoms with E-state index in [9.17, 15) is 4.79 Å². The summed E-state index contributed by atoms with van der Waals surface area (Å²) >= 11 is 7.88. The van der Waals surface area contributed by atoms with Crippen LogP contribution in [0.1, 0.15) is 12.8 Å². The molecule has 0 bridgehead atoms. The summed E-state index contributed by atoms with van der Waals surface area (Å²) < 4.78 is 0. The third kappa shape index (κ3) is 2.58. The van der Waals surface area contributed by atoms with Crippen molar-refractivity contribution in [3.05, 3.63) is 0 Å². The number of aliphatic carboxylic acids is 1. The van der Waals surface area contributed by atoms with Gasteiger partial charge in [0.05, 0.1) is 10.8 Å². The zero-order chi connectivity index (χ0) is 10.8. The first-order valence-electron chi connectivity index (χ1n) is 5.16.